The van der Waals surface area contributed by atoms with Crippen molar-refractivity contribution < 1.29 is 14.3 Å². The Kier molecular flexibility index (Phi) is 3.17. The molecule has 1 aliphatic carbocycles. The number of allylic oxidation sites excluding steroid dienone is 3. The highest BCUT2D eigenvalue weighted by Gasteiger charge is 2.23. The maximum atomic E-state index is 11.7. The van der Waals surface area contributed by atoms with Gasteiger partial charge in [0.15, 0.2) is 0 Å². The Labute approximate surface area is 122 Å². The second-order valence-electron chi connectivity index (χ2n) is 4.96. The number of nitrogens with zero attached hydrogens (tertiary/aromatic N) is 1. The Balaban J connectivity index is 1.98. The Hall–Kier alpha value is -2.69. The Morgan fingerprint density at radius 2 is 2.19 bits per heavy atom. The van der Waals surface area contributed by atoms with Crippen LogP contribution in [0.4, 0.5) is 4.79 Å². The SMILES string of the molecule is COC(=O)c1ccc(C)c(C2C=CC3=NC(=O)NC3=C2)c1. The molecule has 0 aromatic heterocycles. The molecule has 5 heteroatoms. The molecule has 2 aliphatic rings. The van der Waals surface area contributed by atoms with Gasteiger partial charge in [0.25, 0.3) is 0 Å². The van der Waals surface area contributed by atoms with Crippen LogP contribution in [-0.2, 0) is 4.74 Å². The molecule has 0 radical (unpaired) electrons. The topological polar surface area (TPSA) is 67.8 Å². The molecule has 1 unspecified atom stereocenters. The van der Waals surface area contributed by atoms with Crippen LogP contribution in [0.5, 0.6) is 0 Å². The minimum absolute atomic E-state index is 0.0121. The summed E-state index contributed by atoms with van der Waals surface area (Å²) in [7, 11) is 1.36. The fraction of sp³-hybridized carbons (Fsp3) is 0.188. The third kappa shape index (κ3) is 2.38. The van der Waals surface area contributed by atoms with Crippen LogP contribution in [0.15, 0.2) is 47.1 Å². The summed E-state index contributed by atoms with van der Waals surface area (Å²) in [5.41, 5.74) is 3.95. The largest absolute Gasteiger partial charge is 0.465 e. The summed E-state index contributed by atoms with van der Waals surface area (Å²) in [6, 6.07) is 5.12. The third-order valence-electron chi connectivity index (χ3n) is 3.61. The van der Waals surface area contributed by atoms with Crippen molar-refractivity contribution >= 4 is 17.7 Å². The van der Waals surface area contributed by atoms with Crippen LogP contribution in [0, 0.1) is 6.92 Å². The zero-order chi connectivity index (χ0) is 15.0. The lowest BCUT2D eigenvalue weighted by Gasteiger charge is -2.17. The van der Waals surface area contributed by atoms with Gasteiger partial charge in [-0.05, 0) is 42.3 Å². The molecule has 0 saturated carbocycles. The van der Waals surface area contributed by atoms with Gasteiger partial charge in [-0.1, -0.05) is 12.1 Å². The summed E-state index contributed by atoms with van der Waals surface area (Å²) in [6.45, 7) is 1.99. The summed E-state index contributed by atoms with van der Waals surface area (Å²) in [6.07, 6.45) is 5.72. The Morgan fingerprint density at radius 1 is 1.38 bits per heavy atom. The zero-order valence-corrected chi connectivity index (χ0v) is 11.7. The molecule has 0 fully saturated rings. The molecule has 1 heterocycles. The molecule has 21 heavy (non-hydrogen) atoms. The number of hydrogen-bond donors (Lipinski definition) is 1. The Bertz CT molecular complexity index is 729. The number of rotatable bonds is 2. The predicted octanol–water partition coefficient (Wildman–Crippen LogP) is 2.48. The van der Waals surface area contributed by atoms with Crippen molar-refractivity contribution in [2.24, 2.45) is 4.99 Å². The van der Waals surface area contributed by atoms with E-state index in [0.717, 1.165) is 16.8 Å². The van der Waals surface area contributed by atoms with Crippen molar-refractivity contribution in [1.29, 1.82) is 0 Å². The smallest absolute Gasteiger partial charge is 0.346 e. The van der Waals surface area contributed by atoms with E-state index in [9.17, 15) is 9.59 Å². The van der Waals surface area contributed by atoms with E-state index in [2.05, 4.69) is 10.3 Å². The van der Waals surface area contributed by atoms with Crippen LogP contribution in [0.2, 0.25) is 0 Å². The summed E-state index contributed by atoms with van der Waals surface area (Å²) < 4.78 is 4.75. The maximum Gasteiger partial charge on any atom is 0.346 e. The second kappa shape index (κ2) is 5.01. The third-order valence-corrected chi connectivity index (χ3v) is 3.61. The van der Waals surface area contributed by atoms with Crippen molar-refractivity contribution in [3.05, 3.63) is 58.8 Å². The Morgan fingerprint density at radius 3 is 2.95 bits per heavy atom. The summed E-state index contributed by atoms with van der Waals surface area (Å²) in [5, 5.41) is 2.70. The van der Waals surface area contributed by atoms with Crippen molar-refractivity contribution in [1.82, 2.24) is 5.32 Å². The van der Waals surface area contributed by atoms with Crippen LogP contribution < -0.4 is 5.32 Å². The minimum atomic E-state index is -0.361. The number of carbonyl (C=O) groups is 2. The fourth-order valence-corrected chi connectivity index (χ4v) is 2.50. The van der Waals surface area contributed by atoms with Crippen molar-refractivity contribution in [3.63, 3.8) is 0 Å². The number of hydrogen-bond acceptors (Lipinski definition) is 3. The standard InChI is InChI=1S/C16H14N2O3/c1-9-3-4-11(15(19)21-2)7-12(9)10-5-6-13-14(8-10)18-16(20)17-13/h3-8,10H,1-2H3,(H,18,20). The molecule has 0 saturated heterocycles. The van der Waals surface area contributed by atoms with Crippen molar-refractivity contribution in [3.8, 4) is 0 Å². The van der Waals surface area contributed by atoms with Crippen LogP contribution in [0.3, 0.4) is 0 Å². The van der Waals surface area contributed by atoms with E-state index in [0.29, 0.717) is 11.3 Å². The first-order valence-electron chi connectivity index (χ1n) is 6.57. The number of esters is 1. The maximum absolute atomic E-state index is 11.7. The van der Waals surface area contributed by atoms with Crippen LogP contribution >= 0.6 is 0 Å². The number of benzene rings is 1. The van der Waals surface area contributed by atoms with E-state index < -0.39 is 0 Å². The number of carbonyl (C=O) groups excluding carboxylic acids is 2. The first-order chi connectivity index (χ1) is 10.1. The minimum Gasteiger partial charge on any atom is -0.465 e. The number of aryl methyl sites for hydroxylation is 1. The molecule has 1 aromatic rings. The van der Waals surface area contributed by atoms with Gasteiger partial charge in [-0.2, -0.15) is 4.99 Å². The molecular formula is C16H14N2O3. The van der Waals surface area contributed by atoms with Gasteiger partial charge in [0, 0.05) is 5.92 Å². The second-order valence-corrected chi connectivity index (χ2v) is 4.96. The van der Waals surface area contributed by atoms with Gasteiger partial charge in [-0.25, -0.2) is 9.59 Å². The van der Waals surface area contributed by atoms with Crippen molar-refractivity contribution in [2.45, 2.75) is 12.8 Å². The number of methoxy groups -OCH3 is 1. The van der Waals surface area contributed by atoms with E-state index in [1.54, 1.807) is 6.07 Å². The van der Waals surface area contributed by atoms with Gasteiger partial charge in [0.05, 0.1) is 24.1 Å². The highest BCUT2D eigenvalue weighted by Crippen LogP contribution is 2.29. The number of fused-ring (bicyclic) bond motifs is 1. The molecule has 5 nitrogen and oxygen atoms in total. The van der Waals surface area contributed by atoms with E-state index in [-0.39, 0.29) is 17.9 Å². The molecule has 1 aliphatic heterocycles. The summed E-state index contributed by atoms with van der Waals surface area (Å²) in [4.78, 5) is 26.8. The molecular weight excluding hydrogens is 268 g/mol. The number of nitrogens with one attached hydrogen (secondary N) is 1. The molecule has 1 N–H and O–H groups in total. The van der Waals surface area contributed by atoms with Crippen molar-refractivity contribution in [2.75, 3.05) is 7.11 Å². The first-order valence-corrected chi connectivity index (χ1v) is 6.57. The summed E-state index contributed by atoms with van der Waals surface area (Å²) >= 11 is 0. The molecule has 0 bridgehead atoms. The molecule has 0 spiro atoms. The van der Waals surface area contributed by atoms with Crippen LogP contribution in [-0.4, -0.2) is 24.8 Å². The molecule has 106 valence electrons. The number of ether oxygens (including phenoxy) is 1. The highest BCUT2D eigenvalue weighted by molar-refractivity contribution is 6.19. The molecule has 3 rings (SSSR count). The van der Waals surface area contributed by atoms with Gasteiger partial charge < -0.3 is 10.1 Å². The van der Waals surface area contributed by atoms with Gasteiger partial charge >= 0.3 is 12.0 Å². The lowest BCUT2D eigenvalue weighted by Crippen LogP contribution is -2.17. The van der Waals surface area contributed by atoms with Gasteiger partial charge in [-0.3, -0.25) is 0 Å². The van der Waals surface area contributed by atoms with E-state index in [4.69, 9.17) is 4.74 Å². The summed E-state index contributed by atoms with van der Waals surface area (Å²) in [5.74, 6) is -0.373. The normalized spacial score (nSPS) is 19.5. The van der Waals surface area contributed by atoms with E-state index >= 15 is 0 Å². The average molecular weight is 282 g/mol. The lowest BCUT2D eigenvalue weighted by atomic mass is 9.89. The predicted molar refractivity (Wildman–Crippen MR) is 78.4 cm³/mol. The number of aliphatic imine (C=N–C) groups is 1. The monoisotopic (exact) mass is 282 g/mol. The molecule has 1 atom stereocenters. The highest BCUT2D eigenvalue weighted by atomic mass is 16.5. The van der Waals surface area contributed by atoms with Crippen LogP contribution in [0.1, 0.15) is 27.4 Å². The average Bonchev–Trinajstić information content (AvgIpc) is 2.86. The quantitative estimate of drug-likeness (QED) is 0.847. The van der Waals surface area contributed by atoms with E-state index in [1.165, 1.54) is 7.11 Å². The number of amides is 2. The van der Waals surface area contributed by atoms with Gasteiger partial charge in [-0.15, -0.1) is 0 Å². The van der Waals surface area contributed by atoms with Crippen LogP contribution in [0.25, 0.3) is 0 Å². The van der Waals surface area contributed by atoms with Gasteiger partial charge in [0.1, 0.15) is 0 Å². The molecule has 1 aromatic carbocycles. The van der Waals surface area contributed by atoms with E-state index in [1.807, 2.05) is 37.3 Å². The number of urea groups is 1. The zero-order valence-electron chi connectivity index (χ0n) is 11.7. The lowest BCUT2D eigenvalue weighted by molar-refractivity contribution is 0.0600. The first kappa shape index (κ1) is 13.3. The van der Waals surface area contributed by atoms with Gasteiger partial charge in [0.2, 0.25) is 0 Å². The molecule has 2 amide bonds. The fourth-order valence-electron chi connectivity index (χ4n) is 2.50.